The standard InChI is InChI=1S/C26H30FNO5/c1-5-7-16-8-6-9-17(24(16)27)10-18-11-19-21(12-23(18)33-4)28(22(14-29)15(2)3)13-20(25(19)30)26(31)32/h6,8-9,11-13,15,22,29H,5,7,10,14H2,1-4H3,(H,31,32)/t22-/m1/s1. The molecule has 1 heterocycles. The zero-order valence-electron chi connectivity index (χ0n) is 19.4. The molecule has 0 saturated carbocycles. The van der Waals surface area contributed by atoms with E-state index in [0.717, 1.165) is 6.42 Å². The Labute approximate surface area is 192 Å². The number of aromatic carboxylic acids is 1. The number of hydrogen-bond acceptors (Lipinski definition) is 4. The van der Waals surface area contributed by atoms with Gasteiger partial charge in [0, 0.05) is 24.1 Å². The van der Waals surface area contributed by atoms with Crippen molar-refractivity contribution in [2.45, 2.75) is 46.1 Å². The van der Waals surface area contributed by atoms with Crippen LogP contribution < -0.4 is 10.2 Å². The molecule has 1 aromatic heterocycles. The molecule has 0 spiro atoms. The van der Waals surface area contributed by atoms with Gasteiger partial charge in [-0.25, -0.2) is 9.18 Å². The first kappa shape index (κ1) is 24.5. The molecule has 176 valence electrons. The highest BCUT2D eigenvalue weighted by Crippen LogP contribution is 2.31. The minimum atomic E-state index is -1.34. The van der Waals surface area contributed by atoms with E-state index >= 15 is 4.39 Å². The van der Waals surface area contributed by atoms with Crippen LogP contribution in [0, 0.1) is 11.7 Å². The first-order valence-corrected chi connectivity index (χ1v) is 11.1. The molecule has 3 aromatic rings. The summed E-state index contributed by atoms with van der Waals surface area (Å²) in [5.74, 6) is -1.19. The summed E-state index contributed by atoms with van der Waals surface area (Å²) in [4.78, 5) is 24.8. The third-order valence-corrected chi connectivity index (χ3v) is 6.04. The summed E-state index contributed by atoms with van der Waals surface area (Å²) in [7, 11) is 1.49. The molecule has 7 heteroatoms. The molecule has 0 aliphatic heterocycles. The predicted molar refractivity (Wildman–Crippen MR) is 126 cm³/mol. The number of ether oxygens (including phenoxy) is 1. The lowest BCUT2D eigenvalue weighted by Gasteiger charge is -2.25. The van der Waals surface area contributed by atoms with Gasteiger partial charge in [0.2, 0.25) is 5.43 Å². The lowest BCUT2D eigenvalue weighted by Crippen LogP contribution is -2.25. The lowest BCUT2D eigenvalue weighted by atomic mass is 9.97. The van der Waals surface area contributed by atoms with Gasteiger partial charge in [-0.2, -0.15) is 0 Å². The number of fused-ring (bicyclic) bond motifs is 1. The molecule has 2 N–H and O–H groups in total. The third kappa shape index (κ3) is 4.78. The number of aromatic nitrogens is 1. The van der Waals surface area contributed by atoms with Crippen LogP contribution in [0.3, 0.4) is 0 Å². The molecule has 0 saturated heterocycles. The maximum atomic E-state index is 15.0. The molecular weight excluding hydrogens is 425 g/mol. The highest BCUT2D eigenvalue weighted by molar-refractivity contribution is 5.93. The highest BCUT2D eigenvalue weighted by Gasteiger charge is 2.23. The summed E-state index contributed by atoms with van der Waals surface area (Å²) >= 11 is 0. The van der Waals surface area contributed by atoms with Gasteiger partial charge < -0.3 is 19.5 Å². The Hall–Kier alpha value is -3.19. The molecule has 3 rings (SSSR count). The average molecular weight is 456 g/mol. The van der Waals surface area contributed by atoms with Gasteiger partial charge >= 0.3 is 5.97 Å². The van der Waals surface area contributed by atoms with E-state index in [1.807, 2.05) is 20.8 Å². The number of aliphatic hydroxyl groups is 1. The quantitative estimate of drug-likeness (QED) is 0.493. The van der Waals surface area contributed by atoms with Crippen LogP contribution >= 0.6 is 0 Å². The maximum Gasteiger partial charge on any atom is 0.341 e. The van der Waals surface area contributed by atoms with Crippen LogP contribution in [0.25, 0.3) is 10.9 Å². The molecule has 0 unspecified atom stereocenters. The van der Waals surface area contributed by atoms with E-state index < -0.39 is 17.4 Å². The van der Waals surface area contributed by atoms with Crippen LogP contribution in [0.2, 0.25) is 0 Å². The minimum Gasteiger partial charge on any atom is -0.496 e. The molecule has 6 nitrogen and oxygen atoms in total. The SMILES string of the molecule is CCCc1cccc(Cc2cc3c(=O)c(C(=O)O)cn([C@H](CO)C(C)C)c3cc2OC)c1F. The average Bonchev–Trinajstić information content (AvgIpc) is 2.78. The number of benzene rings is 2. The summed E-state index contributed by atoms with van der Waals surface area (Å²) in [5.41, 5.74) is 1.14. The Morgan fingerprint density at radius 2 is 1.88 bits per heavy atom. The number of halogens is 1. The monoisotopic (exact) mass is 455 g/mol. The molecule has 1 atom stereocenters. The van der Waals surface area contributed by atoms with Crippen molar-refractivity contribution in [2.75, 3.05) is 13.7 Å². The molecular formula is C26H30FNO5. The van der Waals surface area contributed by atoms with Crippen molar-refractivity contribution < 1.29 is 24.1 Å². The molecule has 0 aliphatic rings. The van der Waals surface area contributed by atoms with Crippen LogP contribution in [0.1, 0.15) is 60.3 Å². The van der Waals surface area contributed by atoms with Gasteiger partial charge in [-0.15, -0.1) is 0 Å². The molecule has 0 aliphatic carbocycles. The van der Waals surface area contributed by atoms with Gasteiger partial charge in [0.05, 0.1) is 25.3 Å². The number of carboxylic acid groups (broad SMARTS) is 1. The molecule has 0 bridgehead atoms. The Morgan fingerprint density at radius 3 is 2.45 bits per heavy atom. The third-order valence-electron chi connectivity index (χ3n) is 6.04. The van der Waals surface area contributed by atoms with Crippen LogP contribution in [-0.2, 0) is 12.8 Å². The Bertz CT molecular complexity index is 1230. The van der Waals surface area contributed by atoms with Gasteiger partial charge in [-0.05, 0) is 35.1 Å². The zero-order valence-corrected chi connectivity index (χ0v) is 19.4. The van der Waals surface area contributed by atoms with Crippen LogP contribution in [0.5, 0.6) is 5.75 Å². The van der Waals surface area contributed by atoms with Crippen molar-refractivity contribution in [3.8, 4) is 5.75 Å². The normalized spacial score (nSPS) is 12.3. The second kappa shape index (κ2) is 10.2. The second-order valence-corrected chi connectivity index (χ2v) is 8.58. The lowest BCUT2D eigenvalue weighted by molar-refractivity contribution is 0.0694. The van der Waals surface area contributed by atoms with Crippen LogP contribution in [-0.4, -0.2) is 34.5 Å². The number of carbonyl (C=O) groups is 1. The molecule has 0 fully saturated rings. The first-order chi connectivity index (χ1) is 15.7. The summed E-state index contributed by atoms with van der Waals surface area (Å²) < 4.78 is 22.2. The van der Waals surface area contributed by atoms with Crippen molar-refractivity contribution in [1.82, 2.24) is 4.57 Å². The van der Waals surface area contributed by atoms with Gasteiger partial charge in [0.25, 0.3) is 0 Å². The number of carboxylic acids is 1. The summed E-state index contributed by atoms with van der Waals surface area (Å²) in [6.07, 6.45) is 2.91. The van der Waals surface area contributed by atoms with E-state index in [-0.39, 0.29) is 35.7 Å². The fourth-order valence-corrected chi connectivity index (χ4v) is 4.23. The first-order valence-electron chi connectivity index (χ1n) is 11.1. The number of nitrogens with zero attached hydrogens (tertiary/aromatic N) is 1. The number of methoxy groups -OCH3 is 1. The largest absolute Gasteiger partial charge is 0.496 e. The fourth-order valence-electron chi connectivity index (χ4n) is 4.23. The maximum absolute atomic E-state index is 15.0. The Kier molecular flexibility index (Phi) is 7.53. The second-order valence-electron chi connectivity index (χ2n) is 8.58. The number of aryl methyl sites for hydroxylation is 1. The minimum absolute atomic E-state index is 0.0246. The summed E-state index contributed by atoms with van der Waals surface area (Å²) in [5, 5.41) is 19.8. The summed E-state index contributed by atoms with van der Waals surface area (Å²) in [6.45, 7) is 5.57. The Morgan fingerprint density at radius 1 is 1.18 bits per heavy atom. The number of hydrogen-bond donors (Lipinski definition) is 2. The van der Waals surface area contributed by atoms with Crippen molar-refractivity contribution in [2.24, 2.45) is 5.92 Å². The van der Waals surface area contributed by atoms with E-state index in [0.29, 0.717) is 34.4 Å². The highest BCUT2D eigenvalue weighted by atomic mass is 19.1. The van der Waals surface area contributed by atoms with E-state index in [1.54, 1.807) is 34.9 Å². The van der Waals surface area contributed by atoms with E-state index in [2.05, 4.69) is 0 Å². The van der Waals surface area contributed by atoms with Crippen molar-refractivity contribution in [3.63, 3.8) is 0 Å². The molecule has 2 aromatic carbocycles. The fraction of sp³-hybridized carbons (Fsp3) is 0.385. The van der Waals surface area contributed by atoms with E-state index in [9.17, 15) is 19.8 Å². The van der Waals surface area contributed by atoms with Crippen molar-refractivity contribution in [1.29, 1.82) is 0 Å². The van der Waals surface area contributed by atoms with Gasteiger partial charge in [-0.3, -0.25) is 4.79 Å². The molecule has 0 radical (unpaired) electrons. The summed E-state index contributed by atoms with van der Waals surface area (Å²) in [6, 6.07) is 8.07. The van der Waals surface area contributed by atoms with E-state index in [4.69, 9.17) is 4.74 Å². The van der Waals surface area contributed by atoms with Gasteiger partial charge in [0.1, 0.15) is 17.1 Å². The van der Waals surface area contributed by atoms with Crippen LogP contribution in [0.4, 0.5) is 4.39 Å². The molecule has 0 amide bonds. The van der Waals surface area contributed by atoms with Gasteiger partial charge in [-0.1, -0.05) is 45.4 Å². The van der Waals surface area contributed by atoms with Gasteiger partial charge in [0.15, 0.2) is 0 Å². The van der Waals surface area contributed by atoms with Crippen molar-refractivity contribution in [3.05, 3.63) is 74.8 Å². The van der Waals surface area contributed by atoms with Crippen molar-refractivity contribution >= 4 is 16.9 Å². The van der Waals surface area contributed by atoms with E-state index in [1.165, 1.54) is 13.3 Å². The topological polar surface area (TPSA) is 88.8 Å². The Balaban J connectivity index is 2.27. The predicted octanol–water partition coefficient (Wildman–Crippen LogP) is 4.58. The zero-order chi connectivity index (χ0) is 24.3. The molecule has 33 heavy (non-hydrogen) atoms. The number of pyridine rings is 1. The number of aliphatic hydroxyl groups excluding tert-OH is 1. The van der Waals surface area contributed by atoms with Crippen LogP contribution in [0.15, 0.2) is 41.3 Å². The smallest absolute Gasteiger partial charge is 0.341 e. The number of rotatable bonds is 9.